The maximum absolute atomic E-state index is 5.96. The van der Waals surface area contributed by atoms with Gasteiger partial charge in [-0.1, -0.05) is 16.8 Å². The maximum Gasteiger partial charge on any atom is 0.227 e. The van der Waals surface area contributed by atoms with E-state index in [4.69, 9.17) is 16.1 Å². The summed E-state index contributed by atoms with van der Waals surface area (Å²) in [5.74, 6) is 1.24. The standard InChI is InChI=1S/C13H15BrClN3O/c1-8(16-2)3-6-12-17-13(18-19-12)9-4-5-11(15)10(14)7-9/h4-5,7-8,16H,3,6H2,1-2H3. The monoisotopic (exact) mass is 343 g/mol. The molecule has 1 aromatic carbocycles. The highest BCUT2D eigenvalue weighted by Crippen LogP contribution is 2.27. The zero-order chi connectivity index (χ0) is 13.8. The molecule has 1 aromatic heterocycles. The lowest BCUT2D eigenvalue weighted by Crippen LogP contribution is -2.21. The average Bonchev–Trinajstić information content (AvgIpc) is 2.88. The number of aryl methyl sites for hydroxylation is 1. The number of nitrogens with zero attached hydrogens (tertiary/aromatic N) is 2. The molecule has 6 heteroatoms. The van der Waals surface area contributed by atoms with Crippen LogP contribution < -0.4 is 5.32 Å². The highest BCUT2D eigenvalue weighted by Gasteiger charge is 2.11. The lowest BCUT2D eigenvalue weighted by Gasteiger charge is -2.06. The fraction of sp³-hybridized carbons (Fsp3) is 0.385. The van der Waals surface area contributed by atoms with Crippen LogP contribution in [0.25, 0.3) is 11.4 Å². The average molecular weight is 345 g/mol. The van der Waals surface area contributed by atoms with Gasteiger partial charge in [-0.3, -0.25) is 0 Å². The van der Waals surface area contributed by atoms with E-state index in [2.05, 4.69) is 38.3 Å². The summed E-state index contributed by atoms with van der Waals surface area (Å²) in [5.41, 5.74) is 0.882. The Morgan fingerprint density at radius 1 is 1.47 bits per heavy atom. The molecule has 0 saturated carbocycles. The summed E-state index contributed by atoms with van der Waals surface area (Å²) in [6, 6.07) is 5.99. The second-order valence-electron chi connectivity index (χ2n) is 4.37. The van der Waals surface area contributed by atoms with Crippen molar-refractivity contribution in [2.24, 2.45) is 0 Å². The largest absolute Gasteiger partial charge is 0.339 e. The molecule has 1 heterocycles. The highest BCUT2D eigenvalue weighted by atomic mass is 79.9. The molecule has 0 radical (unpaired) electrons. The van der Waals surface area contributed by atoms with Crippen molar-refractivity contribution in [3.8, 4) is 11.4 Å². The van der Waals surface area contributed by atoms with Crippen LogP contribution in [0.4, 0.5) is 0 Å². The third-order valence-corrected chi connectivity index (χ3v) is 4.14. The molecule has 0 saturated heterocycles. The zero-order valence-corrected chi connectivity index (χ0v) is 13.1. The summed E-state index contributed by atoms with van der Waals surface area (Å²) < 4.78 is 6.07. The van der Waals surface area contributed by atoms with Gasteiger partial charge in [0.25, 0.3) is 0 Å². The molecule has 0 aliphatic carbocycles. The van der Waals surface area contributed by atoms with Crippen LogP contribution in [0.1, 0.15) is 19.2 Å². The van der Waals surface area contributed by atoms with E-state index >= 15 is 0 Å². The predicted molar refractivity (Wildman–Crippen MR) is 79.3 cm³/mol. The second-order valence-corrected chi connectivity index (χ2v) is 5.63. The minimum absolute atomic E-state index is 0.431. The molecule has 2 aromatic rings. The van der Waals surface area contributed by atoms with Crippen molar-refractivity contribution in [3.63, 3.8) is 0 Å². The Balaban J connectivity index is 2.09. The van der Waals surface area contributed by atoms with Gasteiger partial charge < -0.3 is 9.84 Å². The van der Waals surface area contributed by atoms with Gasteiger partial charge in [-0.05, 0) is 54.5 Å². The van der Waals surface area contributed by atoms with E-state index in [0.717, 1.165) is 22.9 Å². The molecule has 0 fully saturated rings. The maximum atomic E-state index is 5.96. The van der Waals surface area contributed by atoms with Crippen LogP contribution in [0.5, 0.6) is 0 Å². The van der Waals surface area contributed by atoms with Crippen LogP contribution in [0.2, 0.25) is 5.02 Å². The molecule has 0 bridgehead atoms. The number of rotatable bonds is 5. The second kappa shape index (κ2) is 6.50. The molecule has 1 atom stereocenters. The molecule has 4 nitrogen and oxygen atoms in total. The zero-order valence-electron chi connectivity index (χ0n) is 10.8. The van der Waals surface area contributed by atoms with Crippen molar-refractivity contribution in [3.05, 3.63) is 33.6 Å². The Morgan fingerprint density at radius 2 is 2.26 bits per heavy atom. The van der Waals surface area contributed by atoms with E-state index < -0.39 is 0 Å². The van der Waals surface area contributed by atoms with Crippen LogP contribution in [0.15, 0.2) is 27.2 Å². The van der Waals surface area contributed by atoms with Gasteiger partial charge in [-0.25, -0.2) is 0 Å². The Hall–Kier alpha value is -0.910. The Kier molecular flexibility index (Phi) is 4.96. The van der Waals surface area contributed by atoms with Crippen LogP contribution in [-0.2, 0) is 6.42 Å². The predicted octanol–water partition coefficient (Wildman–Crippen LogP) is 3.69. The molecule has 0 aliphatic rings. The van der Waals surface area contributed by atoms with E-state index in [1.165, 1.54) is 0 Å². The molecule has 1 unspecified atom stereocenters. The summed E-state index contributed by atoms with van der Waals surface area (Å²) in [5, 5.41) is 7.83. The van der Waals surface area contributed by atoms with Crippen molar-refractivity contribution in [2.75, 3.05) is 7.05 Å². The third kappa shape index (κ3) is 3.78. The SMILES string of the molecule is CNC(C)CCc1nc(-c2ccc(Cl)c(Br)c2)no1. The first-order chi connectivity index (χ1) is 9.10. The summed E-state index contributed by atoms with van der Waals surface area (Å²) >= 11 is 9.34. The minimum atomic E-state index is 0.431. The summed E-state index contributed by atoms with van der Waals surface area (Å²) in [7, 11) is 1.94. The molecule has 0 amide bonds. The number of hydrogen-bond acceptors (Lipinski definition) is 4. The van der Waals surface area contributed by atoms with E-state index in [0.29, 0.717) is 22.8 Å². The number of halogens is 2. The molecular weight excluding hydrogens is 330 g/mol. The van der Waals surface area contributed by atoms with Gasteiger partial charge in [-0.2, -0.15) is 4.98 Å². The van der Waals surface area contributed by atoms with E-state index in [1.54, 1.807) is 6.07 Å². The first kappa shape index (κ1) is 14.5. The van der Waals surface area contributed by atoms with Crippen LogP contribution in [-0.4, -0.2) is 23.2 Å². The number of hydrogen-bond donors (Lipinski definition) is 1. The molecule has 0 spiro atoms. The van der Waals surface area contributed by atoms with E-state index in [-0.39, 0.29) is 0 Å². The van der Waals surface area contributed by atoms with Gasteiger partial charge in [0.2, 0.25) is 11.7 Å². The summed E-state index contributed by atoms with van der Waals surface area (Å²) in [6.07, 6.45) is 1.73. The lowest BCUT2D eigenvalue weighted by atomic mass is 10.2. The van der Waals surface area contributed by atoms with Crippen molar-refractivity contribution >= 4 is 27.5 Å². The Bertz CT molecular complexity index is 559. The molecule has 19 heavy (non-hydrogen) atoms. The van der Waals surface area contributed by atoms with Gasteiger partial charge in [0.15, 0.2) is 0 Å². The number of nitrogens with one attached hydrogen (secondary N) is 1. The fourth-order valence-electron chi connectivity index (χ4n) is 1.59. The number of aromatic nitrogens is 2. The van der Waals surface area contributed by atoms with Crippen molar-refractivity contribution in [2.45, 2.75) is 25.8 Å². The van der Waals surface area contributed by atoms with Gasteiger partial charge in [0, 0.05) is 22.5 Å². The third-order valence-electron chi connectivity index (χ3n) is 2.93. The van der Waals surface area contributed by atoms with Crippen molar-refractivity contribution in [1.82, 2.24) is 15.5 Å². The Morgan fingerprint density at radius 3 is 2.95 bits per heavy atom. The van der Waals surface area contributed by atoms with Gasteiger partial charge >= 0.3 is 0 Å². The molecule has 2 rings (SSSR count). The van der Waals surface area contributed by atoms with Gasteiger partial charge in [-0.15, -0.1) is 0 Å². The lowest BCUT2D eigenvalue weighted by molar-refractivity contribution is 0.369. The summed E-state index contributed by atoms with van der Waals surface area (Å²) in [4.78, 5) is 4.39. The smallest absolute Gasteiger partial charge is 0.227 e. The topological polar surface area (TPSA) is 51.0 Å². The molecule has 0 aliphatic heterocycles. The fourth-order valence-corrected chi connectivity index (χ4v) is 2.09. The Labute approximate surface area is 125 Å². The van der Waals surface area contributed by atoms with Gasteiger partial charge in [0.1, 0.15) is 0 Å². The first-order valence-electron chi connectivity index (χ1n) is 6.05. The van der Waals surface area contributed by atoms with Crippen LogP contribution in [0.3, 0.4) is 0 Å². The van der Waals surface area contributed by atoms with Crippen molar-refractivity contribution < 1.29 is 4.52 Å². The first-order valence-corrected chi connectivity index (χ1v) is 7.22. The minimum Gasteiger partial charge on any atom is -0.339 e. The quantitative estimate of drug-likeness (QED) is 0.898. The molecule has 102 valence electrons. The van der Waals surface area contributed by atoms with Gasteiger partial charge in [0.05, 0.1) is 5.02 Å². The van der Waals surface area contributed by atoms with E-state index in [9.17, 15) is 0 Å². The highest BCUT2D eigenvalue weighted by molar-refractivity contribution is 9.10. The number of benzene rings is 1. The molecule has 1 N–H and O–H groups in total. The van der Waals surface area contributed by atoms with E-state index in [1.807, 2.05) is 19.2 Å². The normalized spacial score (nSPS) is 12.6. The van der Waals surface area contributed by atoms with Crippen LogP contribution >= 0.6 is 27.5 Å². The van der Waals surface area contributed by atoms with Crippen molar-refractivity contribution in [1.29, 1.82) is 0 Å². The molecular formula is C13H15BrClN3O. The summed E-state index contributed by atoms with van der Waals surface area (Å²) in [6.45, 7) is 2.12. The van der Waals surface area contributed by atoms with Crippen LogP contribution in [0, 0.1) is 0 Å².